The molecule has 0 saturated heterocycles. The highest BCUT2D eigenvalue weighted by Crippen LogP contribution is 2.37. The number of aryl methyl sites for hydroxylation is 1. The lowest BCUT2D eigenvalue weighted by molar-refractivity contribution is -0.137. The number of H-pyrrole nitrogens is 1. The maximum atomic E-state index is 13.4. The Labute approximate surface area is 172 Å². The molecule has 0 aliphatic heterocycles. The maximum Gasteiger partial charge on any atom is 0.417 e. The molecule has 0 radical (unpaired) electrons. The molecule has 1 heterocycles. The van der Waals surface area contributed by atoms with Crippen LogP contribution < -0.4 is 10.9 Å². The summed E-state index contributed by atoms with van der Waals surface area (Å²) < 4.78 is 53.4. The van der Waals surface area contributed by atoms with Crippen LogP contribution in [0.3, 0.4) is 0 Å². The molecular formula is C20H14ClF4N3O2. The minimum atomic E-state index is -4.73. The summed E-state index contributed by atoms with van der Waals surface area (Å²) in [6, 6.07) is 6.67. The maximum absolute atomic E-state index is 13.4. The van der Waals surface area contributed by atoms with Gasteiger partial charge in [-0.15, -0.1) is 0 Å². The van der Waals surface area contributed by atoms with Gasteiger partial charge in [-0.25, -0.2) is 9.49 Å². The van der Waals surface area contributed by atoms with Crippen LogP contribution in [0.2, 0.25) is 5.02 Å². The third-order valence-corrected chi connectivity index (χ3v) is 4.66. The zero-order valence-corrected chi connectivity index (χ0v) is 16.2. The molecule has 5 nitrogen and oxygen atoms in total. The first-order chi connectivity index (χ1) is 14.0. The molecule has 1 aromatic heterocycles. The second-order valence-electron chi connectivity index (χ2n) is 6.52. The smallest absolute Gasteiger partial charge is 0.320 e. The molecule has 0 bridgehead atoms. The summed E-state index contributed by atoms with van der Waals surface area (Å²) in [6.07, 6.45) is -3.62. The summed E-state index contributed by atoms with van der Waals surface area (Å²) in [6.45, 7) is 1.61. The van der Waals surface area contributed by atoms with Crippen molar-refractivity contribution in [3.05, 3.63) is 91.6 Å². The average Bonchev–Trinajstić information content (AvgIpc) is 2.64. The molecule has 0 fully saturated rings. The number of hydrogen-bond donors (Lipinski definition) is 2. The molecule has 0 spiro atoms. The Morgan fingerprint density at radius 3 is 2.53 bits per heavy atom. The minimum absolute atomic E-state index is 0.0386. The molecule has 0 aliphatic carbocycles. The van der Waals surface area contributed by atoms with Crippen LogP contribution in [0, 0.1) is 12.7 Å². The lowest BCUT2D eigenvalue weighted by atomic mass is 9.94. The van der Waals surface area contributed by atoms with Crippen LogP contribution in [-0.4, -0.2) is 16.1 Å². The summed E-state index contributed by atoms with van der Waals surface area (Å²) in [5, 5.41) is 7.45. The van der Waals surface area contributed by atoms with Crippen molar-refractivity contribution in [1.29, 1.82) is 0 Å². The van der Waals surface area contributed by atoms with Crippen LogP contribution in [0.1, 0.15) is 32.6 Å². The zero-order chi connectivity index (χ0) is 22.1. The number of carbonyl (C=O) groups excluding carboxylic acids is 1. The Hall–Kier alpha value is -3.20. The zero-order valence-electron chi connectivity index (χ0n) is 15.4. The van der Waals surface area contributed by atoms with E-state index in [0.29, 0.717) is 11.1 Å². The first-order valence-corrected chi connectivity index (χ1v) is 8.93. The molecule has 2 N–H and O–H groups in total. The number of rotatable bonds is 4. The van der Waals surface area contributed by atoms with E-state index in [2.05, 4.69) is 15.5 Å². The molecule has 10 heteroatoms. The normalized spacial score (nSPS) is 11.4. The van der Waals surface area contributed by atoms with Gasteiger partial charge < -0.3 is 5.32 Å². The van der Waals surface area contributed by atoms with E-state index < -0.39 is 34.0 Å². The first-order valence-electron chi connectivity index (χ1n) is 8.55. The van der Waals surface area contributed by atoms with Gasteiger partial charge in [-0.2, -0.15) is 18.3 Å². The van der Waals surface area contributed by atoms with Crippen molar-refractivity contribution in [1.82, 2.24) is 10.2 Å². The van der Waals surface area contributed by atoms with Crippen molar-refractivity contribution in [2.24, 2.45) is 0 Å². The van der Waals surface area contributed by atoms with Crippen LogP contribution in [0.4, 0.5) is 23.2 Å². The van der Waals surface area contributed by atoms with Gasteiger partial charge in [0.2, 0.25) is 0 Å². The molecular weight excluding hydrogens is 426 g/mol. The number of nitrogens with one attached hydrogen (secondary N) is 2. The van der Waals surface area contributed by atoms with Gasteiger partial charge in [0.05, 0.1) is 22.5 Å². The van der Waals surface area contributed by atoms with Gasteiger partial charge >= 0.3 is 6.18 Å². The largest absolute Gasteiger partial charge is 0.417 e. The second kappa shape index (κ2) is 8.27. The molecule has 1 amide bonds. The molecule has 0 unspecified atom stereocenters. The Balaban J connectivity index is 2.07. The van der Waals surface area contributed by atoms with Crippen molar-refractivity contribution in [3.63, 3.8) is 0 Å². The molecule has 0 atom stereocenters. The predicted octanol–water partition coefficient (Wildman–Crippen LogP) is 4.73. The lowest BCUT2D eigenvalue weighted by Crippen LogP contribution is -2.18. The fraction of sp³-hybridized carbons (Fsp3) is 0.150. The second-order valence-corrected chi connectivity index (χ2v) is 6.93. The molecule has 0 saturated carbocycles. The summed E-state index contributed by atoms with van der Waals surface area (Å²) in [7, 11) is 0. The van der Waals surface area contributed by atoms with Crippen molar-refractivity contribution < 1.29 is 22.4 Å². The molecule has 2 aromatic carbocycles. The molecule has 3 rings (SSSR count). The number of aromatic amines is 1. The third kappa shape index (κ3) is 4.85. The van der Waals surface area contributed by atoms with Crippen molar-refractivity contribution in [3.8, 4) is 0 Å². The molecule has 0 aliphatic rings. The number of carbonyl (C=O) groups is 1. The van der Waals surface area contributed by atoms with Crippen LogP contribution in [0.5, 0.6) is 0 Å². The summed E-state index contributed by atoms with van der Waals surface area (Å²) in [5.41, 5.74) is -0.617. The van der Waals surface area contributed by atoms with E-state index in [1.165, 1.54) is 24.4 Å². The Morgan fingerprint density at radius 1 is 1.17 bits per heavy atom. The van der Waals surface area contributed by atoms with Gasteiger partial charge in [-0.05, 0) is 54.3 Å². The summed E-state index contributed by atoms with van der Waals surface area (Å²) >= 11 is 5.80. The highest BCUT2D eigenvalue weighted by Gasteiger charge is 2.34. The lowest BCUT2D eigenvalue weighted by Gasteiger charge is -2.16. The van der Waals surface area contributed by atoms with E-state index in [1.807, 2.05) is 0 Å². The van der Waals surface area contributed by atoms with Crippen molar-refractivity contribution >= 4 is 23.2 Å². The highest BCUT2D eigenvalue weighted by atomic mass is 35.5. The van der Waals surface area contributed by atoms with E-state index in [9.17, 15) is 27.2 Å². The number of aromatic nitrogens is 2. The van der Waals surface area contributed by atoms with E-state index in [0.717, 1.165) is 18.2 Å². The minimum Gasteiger partial charge on any atom is -0.320 e. The van der Waals surface area contributed by atoms with Crippen molar-refractivity contribution in [2.45, 2.75) is 19.5 Å². The van der Waals surface area contributed by atoms with Crippen LogP contribution in [-0.2, 0) is 12.6 Å². The number of alkyl halides is 3. The van der Waals surface area contributed by atoms with Crippen LogP contribution in [0.15, 0.2) is 47.4 Å². The number of anilines is 1. The quantitative estimate of drug-likeness (QED) is 0.577. The summed E-state index contributed by atoms with van der Waals surface area (Å²) in [4.78, 5) is 24.1. The van der Waals surface area contributed by atoms with E-state index in [-0.39, 0.29) is 23.2 Å². The third-order valence-electron chi connectivity index (χ3n) is 4.35. The molecule has 30 heavy (non-hydrogen) atoms. The van der Waals surface area contributed by atoms with Gasteiger partial charge in [0.25, 0.3) is 11.5 Å². The average molecular weight is 440 g/mol. The Bertz CT molecular complexity index is 1180. The number of halogens is 5. The van der Waals surface area contributed by atoms with E-state index >= 15 is 0 Å². The topological polar surface area (TPSA) is 74.8 Å². The van der Waals surface area contributed by atoms with Crippen molar-refractivity contribution in [2.75, 3.05) is 5.32 Å². The number of amides is 1. The molecule has 3 aromatic rings. The highest BCUT2D eigenvalue weighted by molar-refractivity contribution is 6.32. The number of benzene rings is 2. The number of nitrogens with zero attached hydrogens (tertiary/aromatic N) is 1. The SMILES string of the molecule is Cc1cc(F)ccc1Cc1cc(C(F)(F)F)c(Cl)cc1C(=O)Nc1cn[nH]c(=O)c1. The van der Waals surface area contributed by atoms with Gasteiger partial charge in [0, 0.05) is 11.6 Å². The van der Waals surface area contributed by atoms with E-state index in [1.54, 1.807) is 6.92 Å². The van der Waals surface area contributed by atoms with Gasteiger partial charge in [0.15, 0.2) is 0 Å². The Morgan fingerprint density at radius 2 is 1.90 bits per heavy atom. The fourth-order valence-electron chi connectivity index (χ4n) is 2.90. The summed E-state index contributed by atoms with van der Waals surface area (Å²) in [5.74, 6) is -1.25. The predicted molar refractivity (Wildman–Crippen MR) is 103 cm³/mol. The van der Waals surface area contributed by atoms with E-state index in [4.69, 9.17) is 11.6 Å². The standard InChI is InChI=1S/C20H14ClF4N3O2/c1-10-4-13(22)3-2-11(10)5-12-6-16(20(23,24)25)17(21)8-15(12)19(30)27-14-7-18(29)28-26-9-14/h2-4,6-9H,5H2,1H3,(H2,27,28,29,30). The number of hydrogen-bond acceptors (Lipinski definition) is 3. The molecule has 156 valence electrons. The van der Waals surface area contributed by atoms with Gasteiger partial charge in [-0.1, -0.05) is 17.7 Å². The fourth-order valence-corrected chi connectivity index (χ4v) is 3.17. The monoisotopic (exact) mass is 439 g/mol. The van der Waals surface area contributed by atoms with Crippen LogP contribution in [0.25, 0.3) is 0 Å². The van der Waals surface area contributed by atoms with Crippen LogP contribution >= 0.6 is 11.6 Å². The van der Waals surface area contributed by atoms with Gasteiger partial charge in [-0.3, -0.25) is 9.59 Å². The van der Waals surface area contributed by atoms with Gasteiger partial charge in [0.1, 0.15) is 5.82 Å². The first kappa shape index (κ1) is 21.5. The Kier molecular flexibility index (Phi) is 5.93.